The highest BCUT2D eigenvalue weighted by molar-refractivity contribution is 7.50. The van der Waals surface area contributed by atoms with E-state index in [1.165, 1.54) is 0 Å². The van der Waals surface area contributed by atoms with Gasteiger partial charge in [-0.15, -0.1) is 0 Å². The van der Waals surface area contributed by atoms with Crippen molar-refractivity contribution in [3.05, 3.63) is 0 Å². The Bertz CT molecular complexity index is 419. The van der Waals surface area contributed by atoms with E-state index in [0.29, 0.717) is 39.4 Å². The molecule has 1 N–H and O–H groups in total. The third-order valence-electron chi connectivity index (χ3n) is 3.44. The number of hydrogen-bond acceptors (Lipinski definition) is 9. The molecule has 0 bridgehead atoms. The summed E-state index contributed by atoms with van der Waals surface area (Å²) in [5.74, 6) is 0. The number of methoxy groups -OCH3 is 2. The minimum atomic E-state index is -3.63. The molecule has 10 nitrogen and oxygen atoms in total. The van der Waals surface area contributed by atoms with E-state index in [2.05, 4.69) is 9.84 Å². The fourth-order valence-corrected chi connectivity index (χ4v) is 2.48. The van der Waals surface area contributed by atoms with E-state index in [9.17, 15) is 14.3 Å². The number of hydrogen-bond donors (Lipinski definition) is 1. The summed E-state index contributed by atoms with van der Waals surface area (Å²) in [6.07, 6.45) is 2.21. The van der Waals surface area contributed by atoms with Crippen LogP contribution in [0.3, 0.4) is 0 Å². The van der Waals surface area contributed by atoms with Gasteiger partial charge in [0.2, 0.25) is 0 Å². The second-order valence-electron chi connectivity index (χ2n) is 6.10. The van der Waals surface area contributed by atoms with Crippen LogP contribution in [-0.4, -0.2) is 85.9 Å². The monoisotopic (exact) mass is 428 g/mol. The second kappa shape index (κ2) is 18.3. The summed E-state index contributed by atoms with van der Waals surface area (Å²) in [5, 5.41) is 2.67. The van der Waals surface area contributed by atoms with Crippen LogP contribution in [-0.2, 0) is 32.8 Å². The largest absolute Gasteiger partial charge is 0.779 e. The third kappa shape index (κ3) is 20.0. The van der Waals surface area contributed by atoms with Crippen molar-refractivity contribution in [3.8, 4) is 0 Å². The maximum absolute atomic E-state index is 11.7. The first-order valence-corrected chi connectivity index (χ1v) is 11.4. The van der Waals surface area contributed by atoms with Gasteiger partial charge in [-0.1, -0.05) is 12.8 Å². The minimum absolute atomic E-state index is 0.0755. The second-order valence-corrected chi connectivity index (χ2v) is 7.90. The predicted octanol–water partition coefficient (Wildman–Crippen LogP) is 1.17. The topological polar surface area (TPSA) is 125 Å². The number of rotatable bonds is 19. The number of nitrogens with one attached hydrogen (secondary N) is 1. The molecule has 0 radical (unpaired) electrons. The molecule has 11 heteroatoms. The maximum Gasteiger partial charge on any atom is 0.407 e. The quantitative estimate of drug-likeness (QED) is 0.238. The molecule has 0 aromatic heterocycles. The predicted molar refractivity (Wildman–Crippen MR) is 102 cm³/mol. The zero-order chi connectivity index (χ0) is 21.1. The van der Waals surface area contributed by atoms with Crippen molar-refractivity contribution < 1.29 is 42.5 Å². The fraction of sp³-hybridized carbons (Fsp3) is 0.941. The van der Waals surface area contributed by atoms with Gasteiger partial charge in [0, 0.05) is 27.4 Å². The highest BCUT2D eigenvalue weighted by Crippen LogP contribution is 2.30. The molecule has 0 spiro atoms. The molecule has 0 aliphatic carbocycles. The molecule has 2 unspecified atom stereocenters. The third-order valence-corrected chi connectivity index (χ3v) is 4.09. The van der Waals surface area contributed by atoms with Gasteiger partial charge in [-0.2, -0.15) is 0 Å². The Labute approximate surface area is 167 Å². The van der Waals surface area contributed by atoms with E-state index in [1.54, 1.807) is 14.2 Å². The molecule has 0 heterocycles. The van der Waals surface area contributed by atoms with E-state index in [4.69, 9.17) is 23.7 Å². The van der Waals surface area contributed by atoms with Crippen LogP contribution in [0.5, 0.6) is 0 Å². The number of alkyl carbamates (subject to hydrolysis) is 1. The summed E-state index contributed by atoms with van der Waals surface area (Å²) in [4.78, 5) is 22.6. The average Bonchev–Trinajstić information content (AvgIpc) is 2.64. The van der Waals surface area contributed by atoms with Crippen molar-refractivity contribution in [1.29, 1.82) is 0 Å². The van der Waals surface area contributed by atoms with Gasteiger partial charge in [-0.25, -0.2) is 4.79 Å². The van der Waals surface area contributed by atoms with Crippen LogP contribution in [0.1, 0.15) is 25.7 Å². The first-order chi connectivity index (χ1) is 13.4. The lowest BCUT2D eigenvalue weighted by Gasteiger charge is -2.18. The molecule has 0 aliphatic rings. The van der Waals surface area contributed by atoms with E-state index in [-0.39, 0.29) is 25.9 Å². The lowest BCUT2D eigenvalue weighted by molar-refractivity contribution is -0.196. The Morgan fingerprint density at radius 1 is 0.964 bits per heavy atom. The van der Waals surface area contributed by atoms with E-state index in [1.807, 2.05) is 0 Å². The summed E-state index contributed by atoms with van der Waals surface area (Å²) in [7, 11) is -0.462. The Morgan fingerprint density at radius 2 is 1.64 bits per heavy atom. The summed E-state index contributed by atoms with van der Waals surface area (Å²) >= 11 is 0. The molecule has 1 amide bonds. The van der Waals surface area contributed by atoms with E-state index >= 15 is 0 Å². The molecule has 0 aliphatic heterocycles. The van der Waals surface area contributed by atoms with E-state index in [0.717, 1.165) is 25.9 Å². The van der Waals surface area contributed by atoms with Gasteiger partial charge in [0.15, 0.2) is 0 Å². The Hall–Kier alpha value is -0.740. The van der Waals surface area contributed by atoms with Gasteiger partial charge in [0.05, 0.1) is 39.6 Å². The van der Waals surface area contributed by atoms with Crippen LogP contribution < -0.4 is 10.2 Å². The van der Waals surface area contributed by atoms with Crippen molar-refractivity contribution in [3.63, 3.8) is 0 Å². The number of carbonyl (C=O) groups excluding carboxylic acids is 1. The molecule has 0 fully saturated rings. The molecule has 0 saturated heterocycles. The Morgan fingerprint density at radius 3 is 2.32 bits per heavy atom. The van der Waals surface area contributed by atoms with Crippen LogP contribution in [0.2, 0.25) is 0 Å². The number of carbonyl (C=O) groups is 1. The van der Waals surface area contributed by atoms with Crippen LogP contribution in [0.25, 0.3) is 0 Å². The smallest absolute Gasteiger partial charge is 0.407 e. The SMILES string of the molecule is COCCOCC(COC(=O)NCCCCCCOP(C)(=O)[O-])OCCOC. The van der Waals surface area contributed by atoms with Gasteiger partial charge in [-0.05, 0) is 12.8 Å². The highest BCUT2D eigenvalue weighted by atomic mass is 31.2. The summed E-state index contributed by atoms with van der Waals surface area (Å²) in [6, 6.07) is 0. The summed E-state index contributed by atoms with van der Waals surface area (Å²) < 4.78 is 41.5. The number of unbranched alkanes of at least 4 members (excludes halogenated alkanes) is 3. The van der Waals surface area contributed by atoms with Crippen molar-refractivity contribution in [2.24, 2.45) is 0 Å². The normalized spacial score (nSPS) is 14.4. The lowest BCUT2D eigenvalue weighted by atomic mass is 10.2. The molecule has 0 rings (SSSR count). The molecular weight excluding hydrogens is 393 g/mol. The van der Waals surface area contributed by atoms with Crippen LogP contribution in [0, 0.1) is 0 Å². The van der Waals surface area contributed by atoms with Crippen molar-refractivity contribution in [2.75, 3.05) is 73.7 Å². The van der Waals surface area contributed by atoms with E-state index < -0.39 is 13.7 Å². The van der Waals surface area contributed by atoms with Crippen LogP contribution in [0.15, 0.2) is 0 Å². The number of amides is 1. The summed E-state index contributed by atoms with van der Waals surface area (Å²) in [6.45, 7) is 3.83. The lowest BCUT2D eigenvalue weighted by Crippen LogP contribution is -2.33. The van der Waals surface area contributed by atoms with Gasteiger partial charge >= 0.3 is 6.09 Å². The Balaban J connectivity index is 3.77. The molecule has 28 heavy (non-hydrogen) atoms. The van der Waals surface area contributed by atoms with Gasteiger partial charge in [0.25, 0.3) is 0 Å². The Kier molecular flexibility index (Phi) is 17.8. The van der Waals surface area contributed by atoms with Crippen molar-refractivity contribution in [2.45, 2.75) is 31.8 Å². The molecule has 168 valence electrons. The first-order valence-electron chi connectivity index (χ1n) is 9.40. The molecule has 0 aromatic rings. The van der Waals surface area contributed by atoms with Gasteiger partial charge in [-0.3, -0.25) is 0 Å². The highest BCUT2D eigenvalue weighted by Gasteiger charge is 2.13. The van der Waals surface area contributed by atoms with Crippen molar-refractivity contribution in [1.82, 2.24) is 5.32 Å². The zero-order valence-electron chi connectivity index (χ0n) is 17.2. The van der Waals surface area contributed by atoms with Crippen LogP contribution in [0.4, 0.5) is 4.79 Å². The molecule has 2 atom stereocenters. The summed E-state index contributed by atoms with van der Waals surface area (Å²) in [5.41, 5.74) is 0. The average molecular weight is 428 g/mol. The standard InChI is InChI=1S/C17H36NO9P/c1-22-10-12-24-14-16(25-13-11-23-2)15-26-17(19)18-8-6-4-5-7-9-27-28(3,20)21/h16H,4-15H2,1-3H3,(H,18,19)(H,20,21)/p-1. The van der Waals surface area contributed by atoms with Gasteiger partial charge < -0.3 is 43.0 Å². The number of ether oxygens (including phenoxy) is 5. The van der Waals surface area contributed by atoms with Gasteiger partial charge in [0.1, 0.15) is 20.3 Å². The first kappa shape index (κ1) is 27.3. The molecule has 0 aromatic carbocycles. The minimum Gasteiger partial charge on any atom is -0.779 e. The zero-order valence-corrected chi connectivity index (χ0v) is 18.1. The maximum atomic E-state index is 11.7. The van der Waals surface area contributed by atoms with Crippen LogP contribution >= 0.6 is 7.60 Å². The molecular formula is C17H35NO9P-. The molecule has 0 saturated carbocycles. The fourth-order valence-electron chi connectivity index (χ4n) is 2.02. The van der Waals surface area contributed by atoms with Crippen molar-refractivity contribution >= 4 is 13.7 Å².